The molecular weight excluding hydrogens is 707 g/mol. The average molecular weight is 748 g/mol. The molecule has 5 aliphatic rings. The molecule has 0 radical (unpaired) electrons. The maximum atomic E-state index is 6.73. The molecule has 0 amide bonds. The molecule has 0 saturated heterocycles. The number of hydrogen-bond acceptors (Lipinski definition) is 4. The third kappa shape index (κ3) is 4.60. The smallest absolute Gasteiger partial charge is 0.164 e. The molecule has 278 valence electrons. The quantitative estimate of drug-likeness (QED) is 0.180. The number of fused-ring (bicyclic) bond motifs is 8. The van der Waals surface area contributed by atoms with E-state index < -0.39 is 0 Å². The predicted octanol–water partition coefficient (Wildman–Crippen LogP) is 13.6. The van der Waals surface area contributed by atoms with E-state index in [2.05, 4.69) is 110 Å². The standard InChI is InChI=1S/C54H41N3O/c1-31-9-5-7-13-41(31)53-56-51(35-11-3-2-4-12-35)55-52(57-53)38-17-20-44-43-19-15-37(29-48(43)58-49(44)30-38)36-16-21-45-47(28-36)54(39-24-32-23-33(26-39)27-40(54)25-32)46-22-18-34-10-6-8-14-42(34)50(45)46/h2-22,28-30,32-33,39-40H,23-27H2,1H3. The lowest BCUT2D eigenvalue weighted by molar-refractivity contribution is -0.0399. The van der Waals surface area contributed by atoms with Gasteiger partial charge in [-0.25, -0.2) is 15.0 Å². The van der Waals surface area contributed by atoms with E-state index in [1.807, 2.05) is 42.5 Å². The second-order valence-corrected chi connectivity index (χ2v) is 17.7. The molecular formula is C54H41N3O. The highest BCUT2D eigenvalue weighted by atomic mass is 16.3. The highest BCUT2D eigenvalue weighted by molar-refractivity contribution is 6.07. The molecule has 14 rings (SSSR count). The minimum absolute atomic E-state index is 0.104. The summed E-state index contributed by atoms with van der Waals surface area (Å²) >= 11 is 0. The summed E-state index contributed by atoms with van der Waals surface area (Å²) in [6, 6.07) is 52.9. The van der Waals surface area contributed by atoms with E-state index in [9.17, 15) is 0 Å². The van der Waals surface area contributed by atoms with Gasteiger partial charge in [0.25, 0.3) is 0 Å². The van der Waals surface area contributed by atoms with Crippen molar-refractivity contribution in [1.29, 1.82) is 0 Å². The summed E-state index contributed by atoms with van der Waals surface area (Å²) < 4.78 is 6.73. The number of hydrogen-bond donors (Lipinski definition) is 0. The summed E-state index contributed by atoms with van der Waals surface area (Å²) in [5.74, 6) is 5.19. The summed E-state index contributed by atoms with van der Waals surface area (Å²) in [4.78, 5) is 15.0. The second-order valence-electron chi connectivity index (χ2n) is 17.7. The molecule has 0 N–H and O–H groups in total. The predicted molar refractivity (Wildman–Crippen MR) is 234 cm³/mol. The Morgan fingerprint density at radius 2 is 1.09 bits per heavy atom. The van der Waals surface area contributed by atoms with Crippen LogP contribution in [0.5, 0.6) is 0 Å². The summed E-state index contributed by atoms with van der Waals surface area (Å²) in [5, 5.41) is 4.95. The van der Waals surface area contributed by atoms with E-state index in [4.69, 9.17) is 19.4 Å². The molecule has 7 aromatic carbocycles. The molecule has 58 heavy (non-hydrogen) atoms. The van der Waals surface area contributed by atoms with Crippen molar-refractivity contribution < 1.29 is 4.42 Å². The molecule has 0 aliphatic heterocycles. The normalized spacial score (nSPS) is 22.6. The lowest BCUT2D eigenvalue weighted by Gasteiger charge is -2.61. The van der Waals surface area contributed by atoms with E-state index in [0.29, 0.717) is 29.3 Å². The van der Waals surface area contributed by atoms with Crippen molar-refractivity contribution >= 4 is 32.7 Å². The maximum Gasteiger partial charge on any atom is 0.164 e. The highest BCUT2D eigenvalue weighted by Gasteiger charge is 2.61. The van der Waals surface area contributed by atoms with Crippen molar-refractivity contribution in [2.24, 2.45) is 23.7 Å². The van der Waals surface area contributed by atoms with Gasteiger partial charge in [0.05, 0.1) is 0 Å². The minimum atomic E-state index is 0.104. The zero-order chi connectivity index (χ0) is 38.1. The molecule has 2 aromatic heterocycles. The number of aromatic nitrogens is 3. The molecule has 4 nitrogen and oxygen atoms in total. The average Bonchev–Trinajstić information content (AvgIpc) is 3.78. The van der Waals surface area contributed by atoms with Gasteiger partial charge in [-0.05, 0) is 143 Å². The Labute approximate surface area is 337 Å². The molecule has 4 heteroatoms. The zero-order valence-corrected chi connectivity index (χ0v) is 32.5. The van der Waals surface area contributed by atoms with Crippen LogP contribution in [-0.4, -0.2) is 15.0 Å². The molecule has 9 aromatic rings. The van der Waals surface area contributed by atoms with E-state index in [0.717, 1.165) is 56.0 Å². The first-order valence-corrected chi connectivity index (χ1v) is 21.1. The van der Waals surface area contributed by atoms with Gasteiger partial charge in [-0.15, -0.1) is 0 Å². The molecule has 4 bridgehead atoms. The van der Waals surface area contributed by atoms with Crippen molar-refractivity contribution in [1.82, 2.24) is 15.0 Å². The van der Waals surface area contributed by atoms with Gasteiger partial charge >= 0.3 is 0 Å². The van der Waals surface area contributed by atoms with Gasteiger partial charge < -0.3 is 4.42 Å². The lowest BCUT2D eigenvalue weighted by atomic mass is 9.43. The Balaban J connectivity index is 0.929. The topological polar surface area (TPSA) is 51.8 Å². The molecule has 4 saturated carbocycles. The largest absolute Gasteiger partial charge is 0.456 e. The molecule has 0 atom stereocenters. The van der Waals surface area contributed by atoms with E-state index >= 15 is 0 Å². The third-order valence-corrected chi connectivity index (χ3v) is 14.7. The van der Waals surface area contributed by atoms with Crippen LogP contribution >= 0.6 is 0 Å². The fourth-order valence-electron chi connectivity index (χ4n) is 12.4. The van der Waals surface area contributed by atoms with Gasteiger partial charge in [-0.1, -0.05) is 115 Å². The first kappa shape index (κ1) is 32.7. The number of rotatable bonds is 4. The Bertz CT molecular complexity index is 3130. The maximum absolute atomic E-state index is 6.73. The summed E-state index contributed by atoms with van der Waals surface area (Å²) in [6.07, 6.45) is 6.96. The van der Waals surface area contributed by atoms with Crippen LogP contribution in [0.2, 0.25) is 0 Å². The summed E-state index contributed by atoms with van der Waals surface area (Å²) in [5.41, 5.74) is 14.4. The Morgan fingerprint density at radius 1 is 0.466 bits per heavy atom. The highest BCUT2D eigenvalue weighted by Crippen LogP contribution is 2.70. The van der Waals surface area contributed by atoms with Crippen LogP contribution < -0.4 is 0 Å². The Morgan fingerprint density at radius 3 is 1.86 bits per heavy atom. The fourth-order valence-corrected chi connectivity index (χ4v) is 12.4. The van der Waals surface area contributed by atoms with Crippen LogP contribution in [0.1, 0.15) is 48.8 Å². The fraction of sp³-hybridized carbons (Fsp3) is 0.204. The second kappa shape index (κ2) is 12.1. The number of nitrogens with zero attached hydrogens (tertiary/aromatic N) is 3. The molecule has 0 unspecified atom stereocenters. The molecule has 5 aliphatic carbocycles. The van der Waals surface area contributed by atoms with Crippen LogP contribution in [0.15, 0.2) is 150 Å². The van der Waals surface area contributed by atoms with Gasteiger partial charge in [-0.3, -0.25) is 0 Å². The van der Waals surface area contributed by atoms with Crippen LogP contribution in [0.3, 0.4) is 0 Å². The van der Waals surface area contributed by atoms with Crippen molar-refractivity contribution in [3.05, 3.63) is 162 Å². The zero-order valence-electron chi connectivity index (χ0n) is 32.5. The first-order chi connectivity index (χ1) is 28.6. The van der Waals surface area contributed by atoms with Crippen molar-refractivity contribution in [2.45, 2.75) is 44.4 Å². The van der Waals surface area contributed by atoms with Crippen molar-refractivity contribution in [3.63, 3.8) is 0 Å². The number of benzene rings is 7. The number of furan rings is 1. The van der Waals surface area contributed by atoms with E-state index in [1.54, 1.807) is 11.1 Å². The monoisotopic (exact) mass is 747 g/mol. The summed E-state index contributed by atoms with van der Waals surface area (Å²) in [6.45, 7) is 2.10. The van der Waals surface area contributed by atoms with Crippen molar-refractivity contribution in [3.8, 4) is 56.4 Å². The van der Waals surface area contributed by atoms with E-state index in [-0.39, 0.29) is 5.41 Å². The lowest BCUT2D eigenvalue weighted by Crippen LogP contribution is -2.55. The van der Waals surface area contributed by atoms with Gasteiger partial charge in [0.15, 0.2) is 17.5 Å². The van der Waals surface area contributed by atoms with Crippen LogP contribution in [0.25, 0.3) is 89.1 Å². The first-order valence-electron chi connectivity index (χ1n) is 21.1. The van der Waals surface area contributed by atoms with Gasteiger partial charge in [0.2, 0.25) is 0 Å². The van der Waals surface area contributed by atoms with Crippen LogP contribution in [0, 0.1) is 30.6 Å². The summed E-state index contributed by atoms with van der Waals surface area (Å²) in [7, 11) is 0. The van der Waals surface area contributed by atoms with Gasteiger partial charge in [0, 0.05) is 32.9 Å². The SMILES string of the molecule is Cc1ccccc1-c1nc(-c2ccccc2)nc(-c2ccc3c(c2)oc2cc(-c4ccc5c(c4)C4(c6ccc7ccccc7c6-5)C5CC6CC(C5)CC4C6)ccc23)n1. The number of aryl methyl sites for hydroxylation is 1. The Hall–Kier alpha value is -6.39. The van der Waals surface area contributed by atoms with Crippen LogP contribution in [0.4, 0.5) is 0 Å². The molecule has 4 fully saturated rings. The van der Waals surface area contributed by atoms with Gasteiger partial charge in [0.1, 0.15) is 11.2 Å². The Kier molecular flexibility index (Phi) is 6.80. The van der Waals surface area contributed by atoms with E-state index in [1.165, 1.54) is 65.1 Å². The molecule has 1 spiro atoms. The van der Waals surface area contributed by atoms with Crippen LogP contribution in [-0.2, 0) is 5.41 Å². The van der Waals surface area contributed by atoms with Crippen molar-refractivity contribution in [2.75, 3.05) is 0 Å². The van der Waals surface area contributed by atoms with Gasteiger partial charge in [-0.2, -0.15) is 0 Å². The third-order valence-electron chi connectivity index (χ3n) is 14.7. The molecule has 2 heterocycles. The minimum Gasteiger partial charge on any atom is -0.456 e.